The summed E-state index contributed by atoms with van der Waals surface area (Å²) in [4.78, 5) is 15.2. The molecule has 0 atom stereocenters. The predicted molar refractivity (Wildman–Crippen MR) is 135 cm³/mol. The van der Waals surface area contributed by atoms with Gasteiger partial charge >= 0.3 is 0 Å². The van der Waals surface area contributed by atoms with E-state index in [2.05, 4.69) is 31.4 Å². The van der Waals surface area contributed by atoms with Gasteiger partial charge in [-0.3, -0.25) is 4.90 Å². The maximum Gasteiger partial charge on any atom is 0.251 e. The molecule has 0 unspecified atom stereocenters. The number of alkyl halides is 4. The summed E-state index contributed by atoms with van der Waals surface area (Å²) < 4.78 is 48.4. The molecule has 1 aliphatic heterocycles. The van der Waals surface area contributed by atoms with Crippen LogP contribution in [0.5, 0.6) is 0 Å². The number of halogens is 4. The molecule has 0 spiro atoms. The lowest BCUT2D eigenvalue weighted by Crippen LogP contribution is -2.41. The minimum absolute atomic E-state index is 0.0278. The van der Waals surface area contributed by atoms with E-state index in [1.807, 2.05) is 39.2 Å². The number of nitrogens with zero attached hydrogens (tertiary/aromatic N) is 6. The molecule has 0 bridgehead atoms. The Morgan fingerprint density at radius 3 is 2.39 bits per heavy atom. The van der Waals surface area contributed by atoms with E-state index in [4.69, 9.17) is 0 Å². The first kappa shape index (κ1) is 27.5. The maximum atomic E-state index is 12.5. The molecule has 36 heavy (non-hydrogen) atoms. The van der Waals surface area contributed by atoms with Gasteiger partial charge < -0.3 is 5.32 Å². The predicted octanol–water partition coefficient (Wildman–Crippen LogP) is 6.01. The Bertz CT molecular complexity index is 1150. The van der Waals surface area contributed by atoms with E-state index in [1.54, 1.807) is 15.6 Å². The monoisotopic (exact) mass is 507 g/mol. The van der Waals surface area contributed by atoms with Gasteiger partial charge in [0.15, 0.2) is 5.82 Å². The second kappa shape index (κ2) is 12.8. The number of hydrogen-bond acceptors (Lipinski definition) is 6. The molecular weight excluding hydrogens is 474 g/mol. The molecule has 196 valence electrons. The average molecular weight is 508 g/mol. The maximum absolute atomic E-state index is 12.5. The highest BCUT2D eigenvalue weighted by atomic mass is 19.3. The average Bonchev–Trinajstić information content (AvgIpc) is 3.25. The summed E-state index contributed by atoms with van der Waals surface area (Å²) in [6.45, 7) is 8.51. The van der Waals surface area contributed by atoms with Crippen LogP contribution in [0.2, 0.25) is 0 Å². The smallest absolute Gasteiger partial charge is 0.251 e. The molecule has 7 nitrogen and oxygen atoms in total. The van der Waals surface area contributed by atoms with Crippen LogP contribution >= 0.6 is 0 Å². The van der Waals surface area contributed by atoms with Gasteiger partial charge in [-0.05, 0) is 51.3 Å². The SMILES string of the molecule is CC(C)=Nc1ncc(-c2ccn3nc(NC4CCN(CC(F)F)CC4)ncc23)cc1C.CCC(F)F. The second-order valence-corrected chi connectivity index (χ2v) is 8.97. The molecule has 3 aromatic rings. The Hall–Kier alpha value is -3.08. The van der Waals surface area contributed by atoms with E-state index in [9.17, 15) is 17.6 Å². The molecule has 1 aliphatic rings. The molecule has 0 aromatic carbocycles. The van der Waals surface area contributed by atoms with Crippen LogP contribution in [0.4, 0.5) is 29.3 Å². The Balaban J connectivity index is 0.000000658. The van der Waals surface area contributed by atoms with Crippen molar-refractivity contribution in [3.8, 4) is 11.1 Å². The first-order chi connectivity index (χ1) is 17.2. The zero-order valence-electron chi connectivity index (χ0n) is 21.1. The Labute approximate surface area is 208 Å². The number of aromatic nitrogens is 4. The van der Waals surface area contributed by atoms with Crippen LogP contribution in [0.25, 0.3) is 16.6 Å². The normalized spacial score (nSPS) is 14.7. The molecular formula is C25H33F4N7. The van der Waals surface area contributed by atoms with Crippen molar-refractivity contribution in [3.63, 3.8) is 0 Å². The van der Waals surface area contributed by atoms with Crippen molar-refractivity contribution in [2.24, 2.45) is 4.99 Å². The van der Waals surface area contributed by atoms with Crippen LogP contribution in [0.15, 0.2) is 35.7 Å². The van der Waals surface area contributed by atoms with Crippen LogP contribution in [0.1, 0.15) is 45.6 Å². The largest absolute Gasteiger partial charge is 0.350 e. The first-order valence-electron chi connectivity index (χ1n) is 12.0. The zero-order chi connectivity index (χ0) is 26.2. The summed E-state index contributed by atoms with van der Waals surface area (Å²) in [6.07, 6.45) is 2.69. The number of rotatable bonds is 7. The molecule has 3 aromatic heterocycles. The van der Waals surface area contributed by atoms with Crippen LogP contribution in [0.3, 0.4) is 0 Å². The number of nitrogens with one attached hydrogen (secondary N) is 1. The number of fused-ring (bicyclic) bond motifs is 1. The van der Waals surface area contributed by atoms with Gasteiger partial charge in [-0.15, -0.1) is 5.10 Å². The molecule has 1 saturated heterocycles. The minimum atomic E-state index is -2.28. The summed E-state index contributed by atoms with van der Waals surface area (Å²) in [5, 5.41) is 7.93. The van der Waals surface area contributed by atoms with Crippen LogP contribution < -0.4 is 5.32 Å². The Morgan fingerprint density at radius 2 is 1.81 bits per heavy atom. The highest BCUT2D eigenvalue weighted by Gasteiger charge is 2.22. The van der Waals surface area contributed by atoms with Crippen molar-refractivity contribution < 1.29 is 17.6 Å². The first-order valence-corrected chi connectivity index (χ1v) is 12.0. The Morgan fingerprint density at radius 1 is 1.11 bits per heavy atom. The van der Waals surface area contributed by atoms with E-state index in [0.29, 0.717) is 19.0 Å². The number of aryl methyl sites for hydroxylation is 1. The summed E-state index contributed by atoms with van der Waals surface area (Å²) in [7, 11) is 0. The molecule has 4 rings (SSSR count). The lowest BCUT2D eigenvalue weighted by atomic mass is 10.1. The van der Waals surface area contributed by atoms with Crippen molar-refractivity contribution >= 4 is 23.0 Å². The van der Waals surface area contributed by atoms with Crippen molar-refractivity contribution in [2.75, 3.05) is 25.0 Å². The van der Waals surface area contributed by atoms with E-state index < -0.39 is 12.9 Å². The second-order valence-electron chi connectivity index (χ2n) is 8.97. The van der Waals surface area contributed by atoms with Gasteiger partial charge in [-0.25, -0.2) is 37.0 Å². The molecule has 4 heterocycles. The summed E-state index contributed by atoms with van der Waals surface area (Å²) >= 11 is 0. The molecule has 0 aliphatic carbocycles. The summed E-state index contributed by atoms with van der Waals surface area (Å²) in [5.41, 5.74) is 4.86. The van der Waals surface area contributed by atoms with Crippen LogP contribution in [0, 0.1) is 6.92 Å². The highest BCUT2D eigenvalue weighted by molar-refractivity contribution is 5.83. The minimum Gasteiger partial charge on any atom is -0.350 e. The standard InChI is InChI=1S/C22H27F2N7.C3H6F2/c1-14(2)27-21-15(3)10-16(11-25-21)18-6-9-31-19(18)12-26-22(29-31)28-17-4-7-30(8-5-17)13-20(23)24;1-2-3(4)5/h6,9-12,17,20H,4-5,7-8,13H2,1-3H3,(H,28,29);3H,2H2,1H3. The fourth-order valence-electron chi connectivity index (χ4n) is 3.89. The van der Waals surface area contributed by atoms with Gasteiger partial charge in [0.1, 0.15) is 0 Å². The van der Waals surface area contributed by atoms with Crippen LogP contribution in [-0.2, 0) is 0 Å². The zero-order valence-corrected chi connectivity index (χ0v) is 21.1. The number of piperidine rings is 1. The van der Waals surface area contributed by atoms with Gasteiger partial charge in [0.25, 0.3) is 6.43 Å². The molecule has 1 N–H and O–H groups in total. The number of pyridine rings is 1. The third-order valence-corrected chi connectivity index (χ3v) is 5.73. The molecule has 0 radical (unpaired) electrons. The van der Waals surface area contributed by atoms with E-state index >= 15 is 0 Å². The fourth-order valence-corrected chi connectivity index (χ4v) is 3.89. The van der Waals surface area contributed by atoms with Crippen molar-refractivity contribution in [3.05, 3.63) is 36.3 Å². The van der Waals surface area contributed by atoms with E-state index in [0.717, 1.165) is 46.6 Å². The lowest BCUT2D eigenvalue weighted by molar-refractivity contribution is 0.0769. The number of hydrogen-bond donors (Lipinski definition) is 1. The van der Waals surface area contributed by atoms with Crippen molar-refractivity contribution in [1.82, 2.24) is 24.5 Å². The third-order valence-electron chi connectivity index (χ3n) is 5.73. The molecule has 1 fully saturated rings. The number of aliphatic imine (C=N–C) groups is 1. The van der Waals surface area contributed by atoms with Crippen molar-refractivity contribution in [2.45, 2.75) is 65.9 Å². The summed E-state index contributed by atoms with van der Waals surface area (Å²) in [5.74, 6) is 1.27. The Kier molecular flexibility index (Phi) is 9.74. The number of likely N-dealkylation sites (tertiary alicyclic amines) is 1. The molecule has 0 amide bonds. The van der Waals surface area contributed by atoms with E-state index in [1.165, 1.54) is 6.92 Å². The number of anilines is 1. The van der Waals surface area contributed by atoms with Gasteiger partial charge in [0.05, 0.1) is 18.3 Å². The van der Waals surface area contributed by atoms with Crippen LogP contribution in [-0.4, -0.2) is 68.7 Å². The van der Waals surface area contributed by atoms with Gasteiger partial charge in [0.2, 0.25) is 12.4 Å². The lowest BCUT2D eigenvalue weighted by Gasteiger charge is -2.31. The van der Waals surface area contributed by atoms with Gasteiger partial charge in [0, 0.05) is 54.8 Å². The topological polar surface area (TPSA) is 70.7 Å². The van der Waals surface area contributed by atoms with Crippen molar-refractivity contribution in [1.29, 1.82) is 0 Å². The van der Waals surface area contributed by atoms with E-state index in [-0.39, 0.29) is 19.0 Å². The highest BCUT2D eigenvalue weighted by Crippen LogP contribution is 2.28. The summed E-state index contributed by atoms with van der Waals surface area (Å²) in [6, 6.07) is 4.26. The fraction of sp³-hybridized carbons (Fsp3) is 0.520. The third kappa shape index (κ3) is 7.71. The quantitative estimate of drug-likeness (QED) is 0.313. The molecule has 11 heteroatoms. The van der Waals surface area contributed by atoms with Gasteiger partial charge in [-0.1, -0.05) is 6.92 Å². The molecule has 0 saturated carbocycles. The van der Waals surface area contributed by atoms with Gasteiger partial charge in [-0.2, -0.15) is 0 Å².